The van der Waals surface area contributed by atoms with Gasteiger partial charge in [0.1, 0.15) is 12.6 Å². The van der Waals surface area contributed by atoms with Crippen LogP contribution < -0.4 is 10.8 Å². The number of carbonyl (C=O) groups excluding carboxylic acids is 1. The number of rotatable bonds is 6. The van der Waals surface area contributed by atoms with Gasteiger partial charge in [-0.25, -0.2) is 0 Å². The molecule has 0 aromatic heterocycles. The topological polar surface area (TPSA) is 103 Å². The minimum Gasteiger partial charge on any atom is -0.544 e. The van der Waals surface area contributed by atoms with Gasteiger partial charge in [-0.05, 0) is 18.4 Å². The largest absolute Gasteiger partial charge is 0.544 e. The summed E-state index contributed by atoms with van der Waals surface area (Å²) in [5.41, 5.74) is 5.19. The monoisotopic (exact) mass is 266 g/mol. The molecule has 0 aliphatic heterocycles. The van der Waals surface area contributed by atoms with Gasteiger partial charge in [-0.3, -0.25) is 4.79 Å². The number of nitrogens with zero attached hydrogens (tertiary/aromatic N) is 1. The number of aliphatic carboxylic acids is 2. The molecule has 0 rings (SSSR count). The Hall–Kier alpha value is -0.790. The first-order valence-electron chi connectivity index (χ1n) is 5.07. The zero-order chi connectivity index (χ0) is 14.1. The van der Waals surface area contributed by atoms with E-state index >= 15 is 0 Å². The summed E-state index contributed by atoms with van der Waals surface area (Å²) in [7, 11) is 5.40. The number of carboxylic acid groups (broad SMARTS) is 2. The summed E-state index contributed by atoms with van der Waals surface area (Å²) in [5, 5.41) is 18.2. The van der Waals surface area contributed by atoms with E-state index in [2.05, 4.69) is 0 Å². The van der Waals surface area contributed by atoms with Crippen LogP contribution in [0.3, 0.4) is 0 Å². The van der Waals surface area contributed by atoms with Gasteiger partial charge in [0.2, 0.25) is 0 Å². The molecule has 0 aliphatic carbocycles. The fraction of sp³-hybridized carbons (Fsp3) is 0.800. The van der Waals surface area contributed by atoms with Crippen molar-refractivity contribution in [1.29, 1.82) is 0 Å². The highest BCUT2D eigenvalue weighted by Gasteiger charge is 2.09. The van der Waals surface area contributed by atoms with E-state index in [1.54, 1.807) is 32.9 Å². The summed E-state index contributed by atoms with van der Waals surface area (Å²) in [6.07, 6.45) is 2.48. The molecular formula is C10H22N2O4S. The van der Waals surface area contributed by atoms with E-state index in [9.17, 15) is 14.7 Å². The minimum absolute atomic E-state index is 0.0694. The number of nitrogens with two attached hydrogens (primary N) is 1. The van der Waals surface area contributed by atoms with Crippen LogP contribution in [0.15, 0.2) is 0 Å². The molecule has 0 aromatic rings. The fourth-order valence-corrected chi connectivity index (χ4v) is 1.25. The first-order chi connectivity index (χ1) is 7.60. The van der Waals surface area contributed by atoms with E-state index in [4.69, 9.17) is 10.8 Å². The predicted molar refractivity (Wildman–Crippen MR) is 66.5 cm³/mol. The molecule has 0 heterocycles. The van der Waals surface area contributed by atoms with Gasteiger partial charge in [-0.15, -0.1) is 0 Å². The van der Waals surface area contributed by atoms with E-state index in [-0.39, 0.29) is 6.54 Å². The lowest BCUT2D eigenvalue weighted by molar-refractivity contribution is -0.864. The van der Waals surface area contributed by atoms with E-state index in [0.717, 1.165) is 5.75 Å². The van der Waals surface area contributed by atoms with Crippen LogP contribution in [0.25, 0.3) is 0 Å². The maximum absolute atomic E-state index is 10.1. The molecule has 17 heavy (non-hydrogen) atoms. The normalized spacial score (nSPS) is 12.3. The van der Waals surface area contributed by atoms with Crippen molar-refractivity contribution in [2.24, 2.45) is 5.73 Å². The van der Waals surface area contributed by atoms with E-state index in [1.165, 1.54) is 0 Å². The quantitative estimate of drug-likeness (QED) is 0.573. The minimum atomic E-state index is -1.00. The number of hydrogen-bond acceptors (Lipinski definition) is 5. The van der Waals surface area contributed by atoms with E-state index in [0.29, 0.717) is 10.9 Å². The summed E-state index contributed by atoms with van der Waals surface area (Å²) in [6.45, 7) is 0.0694. The first-order valence-corrected chi connectivity index (χ1v) is 6.47. The second kappa shape index (κ2) is 9.26. The third-order valence-corrected chi connectivity index (χ3v) is 2.20. The van der Waals surface area contributed by atoms with Crippen molar-refractivity contribution in [3.8, 4) is 0 Å². The molecule has 3 N–H and O–H groups in total. The number of carbonyl (C=O) groups is 2. The second-order valence-corrected chi connectivity index (χ2v) is 5.53. The highest BCUT2D eigenvalue weighted by atomic mass is 32.2. The molecule has 0 aliphatic rings. The molecule has 0 fully saturated rings. The molecule has 1 unspecified atom stereocenters. The van der Waals surface area contributed by atoms with Gasteiger partial charge in [-0.1, -0.05) is 0 Å². The van der Waals surface area contributed by atoms with Crippen molar-refractivity contribution in [3.63, 3.8) is 0 Å². The van der Waals surface area contributed by atoms with Gasteiger partial charge < -0.3 is 25.2 Å². The number of quaternary nitrogens is 1. The van der Waals surface area contributed by atoms with Crippen LogP contribution in [0.2, 0.25) is 0 Å². The Balaban J connectivity index is 0. The van der Waals surface area contributed by atoms with Crippen LogP contribution >= 0.6 is 11.8 Å². The Labute approximate surface area is 106 Å². The molecule has 6 nitrogen and oxygen atoms in total. The highest BCUT2D eigenvalue weighted by molar-refractivity contribution is 7.98. The Bertz CT molecular complexity index is 241. The average molecular weight is 266 g/mol. The van der Waals surface area contributed by atoms with Crippen molar-refractivity contribution in [1.82, 2.24) is 0 Å². The molecule has 0 saturated carbocycles. The average Bonchev–Trinajstić information content (AvgIpc) is 2.10. The summed E-state index contributed by atoms with van der Waals surface area (Å²) in [5.74, 6) is -1.10. The van der Waals surface area contributed by atoms with Crippen LogP contribution in [-0.2, 0) is 9.59 Å². The SMILES string of the molecule is CSCCC(N)C(=O)O.C[N+](C)(C)CC(=O)[O-]. The lowest BCUT2D eigenvalue weighted by Crippen LogP contribution is -2.45. The summed E-state index contributed by atoms with van der Waals surface area (Å²) in [6, 6.07) is -0.683. The number of likely N-dealkylation sites (N-methyl/N-ethyl adjacent to an activating group) is 1. The molecule has 0 bridgehead atoms. The molecule has 0 spiro atoms. The van der Waals surface area contributed by atoms with Crippen LogP contribution in [0.5, 0.6) is 0 Å². The third-order valence-electron chi connectivity index (χ3n) is 1.55. The zero-order valence-corrected chi connectivity index (χ0v) is 11.6. The summed E-state index contributed by atoms with van der Waals surface area (Å²) >= 11 is 1.60. The van der Waals surface area contributed by atoms with Crippen LogP contribution in [0, 0.1) is 0 Å². The Kier molecular flexibility index (Phi) is 10.1. The van der Waals surface area contributed by atoms with Gasteiger partial charge in [0.15, 0.2) is 0 Å². The molecule has 0 saturated heterocycles. The molecule has 0 radical (unpaired) electrons. The van der Waals surface area contributed by atoms with E-state index in [1.807, 2.05) is 6.26 Å². The van der Waals surface area contributed by atoms with Gasteiger partial charge in [-0.2, -0.15) is 11.8 Å². The molecule has 0 amide bonds. The Morgan fingerprint density at radius 3 is 2.06 bits per heavy atom. The lowest BCUT2D eigenvalue weighted by Gasteiger charge is -2.23. The standard InChI is InChI=1S/C5H11NO2S.C5H11NO2/c1-9-3-2-4(6)5(7)8;1-6(2,3)4-5(7)8/h4H,2-3,6H2,1H3,(H,7,8);4H2,1-3H3. The Morgan fingerprint density at radius 1 is 1.41 bits per heavy atom. The summed E-state index contributed by atoms with van der Waals surface area (Å²) < 4.78 is 0.419. The molecule has 1 atom stereocenters. The van der Waals surface area contributed by atoms with Gasteiger partial charge in [0.25, 0.3) is 0 Å². The first kappa shape index (κ1) is 18.6. The van der Waals surface area contributed by atoms with Crippen LogP contribution in [0.1, 0.15) is 6.42 Å². The van der Waals surface area contributed by atoms with Gasteiger partial charge >= 0.3 is 5.97 Å². The van der Waals surface area contributed by atoms with Gasteiger partial charge in [0.05, 0.1) is 27.1 Å². The molecule has 102 valence electrons. The van der Waals surface area contributed by atoms with Gasteiger partial charge in [0, 0.05) is 0 Å². The molecular weight excluding hydrogens is 244 g/mol. The smallest absolute Gasteiger partial charge is 0.320 e. The number of carboxylic acids is 2. The number of hydrogen-bond donors (Lipinski definition) is 2. The Morgan fingerprint density at radius 2 is 1.88 bits per heavy atom. The van der Waals surface area contributed by atoms with Crippen molar-refractivity contribution >= 4 is 23.7 Å². The van der Waals surface area contributed by atoms with Crippen LogP contribution in [0.4, 0.5) is 0 Å². The highest BCUT2D eigenvalue weighted by Crippen LogP contribution is 1.97. The van der Waals surface area contributed by atoms with Crippen LogP contribution in [-0.4, -0.2) is 67.3 Å². The van der Waals surface area contributed by atoms with E-state index < -0.39 is 18.0 Å². The predicted octanol–water partition coefficient (Wildman–Crippen LogP) is -1.41. The maximum atomic E-state index is 10.1. The second-order valence-electron chi connectivity index (χ2n) is 4.55. The molecule has 0 aromatic carbocycles. The van der Waals surface area contributed by atoms with Crippen molar-refractivity contribution in [2.75, 3.05) is 39.7 Å². The third kappa shape index (κ3) is 17.8. The van der Waals surface area contributed by atoms with Crippen molar-refractivity contribution < 1.29 is 24.3 Å². The summed E-state index contributed by atoms with van der Waals surface area (Å²) in [4.78, 5) is 20.0. The zero-order valence-electron chi connectivity index (χ0n) is 10.8. The van der Waals surface area contributed by atoms with Crippen molar-refractivity contribution in [2.45, 2.75) is 12.5 Å². The molecule has 7 heteroatoms. The van der Waals surface area contributed by atoms with Crippen molar-refractivity contribution in [3.05, 3.63) is 0 Å². The fourth-order valence-electron chi connectivity index (χ4n) is 0.756. The lowest BCUT2D eigenvalue weighted by atomic mass is 10.2. The number of thioether (sulfide) groups is 1. The maximum Gasteiger partial charge on any atom is 0.320 e.